The average molecular weight is 366 g/mol. The van der Waals surface area contributed by atoms with Crippen LogP contribution in [0.15, 0.2) is 42.6 Å². The molecule has 1 fully saturated rings. The summed E-state index contributed by atoms with van der Waals surface area (Å²) < 4.78 is 15.6. The molecular weight excluding hydrogens is 347 g/mol. The highest BCUT2D eigenvalue weighted by Gasteiger charge is 2.31. The molecule has 1 N–H and O–H groups in total. The number of hydrogen-bond acceptors (Lipinski definition) is 3. The fourth-order valence-corrected chi connectivity index (χ4v) is 3.57. The molecule has 2 amide bonds. The molecule has 3 aromatic rings. The first-order valence-electron chi connectivity index (χ1n) is 8.82. The number of aromatic nitrogens is 2. The average Bonchev–Trinajstić information content (AvgIpc) is 3.21. The summed E-state index contributed by atoms with van der Waals surface area (Å²) in [5.41, 5.74) is 2.26. The molecule has 6 nitrogen and oxygen atoms in total. The molecule has 0 atom stereocenters. The predicted molar refractivity (Wildman–Crippen MR) is 99.9 cm³/mol. The molecule has 2 aromatic heterocycles. The fraction of sp³-hybridized carbons (Fsp3) is 0.250. The molecule has 1 saturated heterocycles. The van der Waals surface area contributed by atoms with Crippen LogP contribution < -0.4 is 10.2 Å². The Hall–Kier alpha value is -3.22. The number of nitrogens with zero attached hydrogens (tertiary/aromatic N) is 3. The summed E-state index contributed by atoms with van der Waals surface area (Å²) in [5, 5.41) is 3.42. The molecular formula is C20H19FN4O2. The first-order valence-corrected chi connectivity index (χ1v) is 8.82. The SMILES string of the molecule is Cn1c(C(=O)NCc2ccccn2)c(N2CCCC2=O)c2cc(F)ccc21. The van der Waals surface area contributed by atoms with Crippen molar-refractivity contribution in [2.75, 3.05) is 11.4 Å². The Bertz CT molecular complexity index is 1030. The fourth-order valence-electron chi connectivity index (χ4n) is 3.57. The van der Waals surface area contributed by atoms with E-state index in [1.807, 2.05) is 12.1 Å². The molecule has 138 valence electrons. The van der Waals surface area contributed by atoms with Gasteiger partial charge in [0.05, 0.1) is 23.4 Å². The lowest BCUT2D eigenvalue weighted by Gasteiger charge is -2.17. The van der Waals surface area contributed by atoms with E-state index in [1.165, 1.54) is 12.1 Å². The van der Waals surface area contributed by atoms with Crippen LogP contribution in [-0.2, 0) is 18.4 Å². The van der Waals surface area contributed by atoms with Crippen LogP contribution in [0.3, 0.4) is 0 Å². The van der Waals surface area contributed by atoms with Crippen LogP contribution in [0.25, 0.3) is 10.9 Å². The summed E-state index contributed by atoms with van der Waals surface area (Å²) in [4.78, 5) is 31.1. The summed E-state index contributed by atoms with van der Waals surface area (Å²) in [6.45, 7) is 0.790. The maximum Gasteiger partial charge on any atom is 0.270 e. The molecule has 0 unspecified atom stereocenters. The molecule has 1 aromatic carbocycles. The number of hydrogen-bond donors (Lipinski definition) is 1. The smallest absolute Gasteiger partial charge is 0.270 e. The first-order chi connectivity index (χ1) is 13.1. The quantitative estimate of drug-likeness (QED) is 0.772. The highest BCUT2D eigenvalue weighted by atomic mass is 19.1. The number of benzene rings is 1. The van der Waals surface area contributed by atoms with Crippen molar-refractivity contribution < 1.29 is 14.0 Å². The van der Waals surface area contributed by atoms with Crippen LogP contribution in [0.1, 0.15) is 29.0 Å². The normalized spacial score (nSPS) is 14.1. The molecule has 27 heavy (non-hydrogen) atoms. The standard InChI is InChI=1S/C20H19FN4O2/c1-24-16-8-7-13(21)11-15(16)18(25-10-4-6-17(25)26)19(24)20(27)23-12-14-5-2-3-9-22-14/h2-3,5,7-9,11H,4,6,10,12H2,1H3,(H,23,27). The van der Waals surface area contributed by atoms with E-state index in [1.54, 1.807) is 34.8 Å². The largest absolute Gasteiger partial charge is 0.345 e. The van der Waals surface area contributed by atoms with Crippen molar-refractivity contribution in [1.29, 1.82) is 0 Å². The van der Waals surface area contributed by atoms with Crippen molar-refractivity contribution in [1.82, 2.24) is 14.9 Å². The number of nitrogens with one attached hydrogen (secondary N) is 1. The molecule has 1 aliphatic rings. The number of anilines is 1. The molecule has 0 saturated carbocycles. The van der Waals surface area contributed by atoms with Crippen molar-refractivity contribution >= 4 is 28.4 Å². The second-order valence-electron chi connectivity index (χ2n) is 6.57. The van der Waals surface area contributed by atoms with Crippen LogP contribution >= 0.6 is 0 Å². The lowest BCUT2D eigenvalue weighted by atomic mass is 10.2. The molecule has 4 rings (SSSR count). The third-order valence-electron chi connectivity index (χ3n) is 4.85. The third-order valence-corrected chi connectivity index (χ3v) is 4.85. The van der Waals surface area contributed by atoms with Crippen LogP contribution in [0.4, 0.5) is 10.1 Å². The number of amides is 2. The van der Waals surface area contributed by atoms with Gasteiger partial charge in [-0.3, -0.25) is 14.6 Å². The molecule has 1 aliphatic heterocycles. The Morgan fingerprint density at radius 2 is 2.15 bits per heavy atom. The Labute approximate surface area is 155 Å². The van der Waals surface area contributed by atoms with Gasteiger partial charge in [0, 0.05) is 31.6 Å². The number of fused-ring (bicyclic) bond motifs is 1. The van der Waals surface area contributed by atoms with E-state index in [4.69, 9.17) is 0 Å². The lowest BCUT2D eigenvalue weighted by Crippen LogP contribution is -2.30. The van der Waals surface area contributed by atoms with Gasteiger partial charge in [-0.2, -0.15) is 0 Å². The molecule has 7 heteroatoms. The number of carbonyl (C=O) groups excluding carboxylic acids is 2. The molecule has 0 radical (unpaired) electrons. The van der Waals surface area contributed by atoms with Gasteiger partial charge in [-0.25, -0.2) is 4.39 Å². The maximum absolute atomic E-state index is 13.9. The summed E-state index contributed by atoms with van der Waals surface area (Å²) in [7, 11) is 1.75. The van der Waals surface area contributed by atoms with Gasteiger partial charge in [-0.05, 0) is 36.8 Å². The lowest BCUT2D eigenvalue weighted by molar-refractivity contribution is -0.117. The van der Waals surface area contributed by atoms with Crippen molar-refractivity contribution in [3.05, 3.63) is 59.8 Å². The number of aryl methyl sites for hydroxylation is 1. The second-order valence-corrected chi connectivity index (χ2v) is 6.57. The van der Waals surface area contributed by atoms with Crippen molar-refractivity contribution in [2.45, 2.75) is 19.4 Å². The van der Waals surface area contributed by atoms with Crippen molar-refractivity contribution in [3.8, 4) is 0 Å². The number of rotatable bonds is 4. The van der Waals surface area contributed by atoms with E-state index in [2.05, 4.69) is 10.3 Å². The second kappa shape index (κ2) is 6.83. The zero-order valence-electron chi connectivity index (χ0n) is 14.9. The van der Waals surface area contributed by atoms with Gasteiger partial charge in [-0.1, -0.05) is 6.07 Å². The highest BCUT2D eigenvalue weighted by molar-refractivity contribution is 6.14. The number of carbonyl (C=O) groups is 2. The monoisotopic (exact) mass is 366 g/mol. The maximum atomic E-state index is 13.9. The Kier molecular flexibility index (Phi) is 4.35. The van der Waals surface area contributed by atoms with E-state index < -0.39 is 5.82 Å². The van der Waals surface area contributed by atoms with Gasteiger partial charge < -0.3 is 14.8 Å². The van der Waals surface area contributed by atoms with Gasteiger partial charge >= 0.3 is 0 Å². The van der Waals surface area contributed by atoms with Crippen molar-refractivity contribution in [3.63, 3.8) is 0 Å². The Balaban J connectivity index is 1.77. The Morgan fingerprint density at radius 3 is 2.85 bits per heavy atom. The van der Waals surface area contributed by atoms with Crippen molar-refractivity contribution in [2.24, 2.45) is 7.05 Å². The topological polar surface area (TPSA) is 67.2 Å². The summed E-state index contributed by atoms with van der Waals surface area (Å²) in [5.74, 6) is -0.776. The van der Waals surface area contributed by atoms with E-state index >= 15 is 0 Å². The summed E-state index contributed by atoms with van der Waals surface area (Å²) >= 11 is 0. The number of pyridine rings is 1. The number of halogens is 1. The summed E-state index contributed by atoms with van der Waals surface area (Å²) in [6, 6.07) is 9.84. The minimum atomic E-state index is -0.401. The Morgan fingerprint density at radius 1 is 1.30 bits per heavy atom. The van der Waals surface area contributed by atoms with E-state index in [-0.39, 0.29) is 18.4 Å². The first kappa shape index (κ1) is 17.2. The van der Waals surface area contributed by atoms with Crippen LogP contribution in [0.5, 0.6) is 0 Å². The van der Waals surface area contributed by atoms with E-state index in [0.717, 1.165) is 12.1 Å². The van der Waals surface area contributed by atoms with Crippen LogP contribution in [0.2, 0.25) is 0 Å². The summed E-state index contributed by atoms with van der Waals surface area (Å²) in [6.07, 6.45) is 2.82. The molecule has 3 heterocycles. The van der Waals surface area contributed by atoms with E-state index in [0.29, 0.717) is 35.2 Å². The third kappa shape index (κ3) is 3.05. The predicted octanol–water partition coefficient (Wildman–Crippen LogP) is 2.77. The van der Waals surface area contributed by atoms with Gasteiger partial charge in [-0.15, -0.1) is 0 Å². The van der Waals surface area contributed by atoms with E-state index in [9.17, 15) is 14.0 Å². The molecule has 0 bridgehead atoms. The minimum Gasteiger partial charge on any atom is -0.345 e. The van der Waals surface area contributed by atoms with Gasteiger partial charge in [0.15, 0.2) is 0 Å². The van der Waals surface area contributed by atoms with Gasteiger partial charge in [0.2, 0.25) is 5.91 Å². The van der Waals surface area contributed by atoms with Gasteiger partial charge in [0.1, 0.15) is 11.5 Å². The zero-order valence-corrected chi connectivity index (χ0v) is 14.9. The molecule has 0 aliphatic carbocycles. The van der Waals surface area contributed by atoms with Crippen LogP contribution in [-0.4, -0.2) is 27.9 Å². The zero-order chi connectivity index (χ0) is 19.0. The van der Waals surface area contributed by atoms with Crippen LogP contribution in [0, 0.1) is 5.82 Å². The molecule has 0 spiro atoms. The highest BCUT2D eigenvalue weighted by Crippen LogP contribution is 2.36. The minimum absolute atomic E-state index is 0.0504. The van der Waals surface area contributed by atoms with Gasteiger partial charge in [0.25, 0.3) is 5.91 Å².